The molecular weight excluding hydrogens is 451 g/mol. The van der Waals surface area contributed by atoms with Crippen molar-refractivity contribution >= 4 is 21.9 Å². The van der Waals surface area contributed by atoms with Gasteiger partial charge in [-0.25, -0.2) is 22.3 Å². The lowest BCUT2D eigenvalue weighted by molar-refractivity contribution is -0.129. The predicted molar refractivity (Wildman–Crippen MR) is 118 cm³/mol. The SMILES string of the molecule is CC(OC(=O)c1ccc(S(=O)(=O)NCC2CCCO2)cc1)C(=O)NC(C)c1ccc(F)cc1. The molecule has 1 saturated heterocycles. The van der Waals surface area contributed by atoms with Crippen LogP contribution in [0.1, 0.15) is 48.7 Å². The number of sulfonamides is 1. The van der Waals surface area contributed by atoms with Crippen LogP contribution in [0.4, 0.5) is 4.39 Å². The first-order chi connectivity index (χ1) is 15.7. The van der Waals surface area contributed by atoms with Crippen molar-refractivity contribution in [1.82, 2.24) is 10.0 Å². The minimum atomic E-state index is -3.74. The number of esters is 1. The number of carbonyl (C=O) groups excluding carboxylic acids is 2. The van der Waals surface area contributed by atoms with Gasteiger partial charge in [0.25, 0.3) is 5.91 Å². The Balaban J connectivity index is 1.53. The van der Waals surface area contributed by atoms with E-state index in [1.54, 1.807) is 19.1 Å². The lowest BCUT2D eigenvalue weighted by atomic mass is 10.1. The van der Waals surface area contributed by atoms with Crippen LogP contribution in [0.2, 0.25) is 0 Å². The Bertz CT molecular complexity index is 1070. The number of ether oxygens (including phenoxy) is 2. The molecule has 10 heteroatoms. The fraction of sp³-hybridized carbons (Fsp3) is 0.391. The van der Waals surface area contributed by atoms with Crippen molar-refractivity contribution in [2.75, 3.05) is 13.2 Å². The third-order valence-electron chi connectivity index (χ3n) is 5.31. The molecule has 1 fully saturated rings. The quantitative estimate of drug-likeness (QED) is 0.536. The van der Waals surface area contributed by atoms with Crippen molar-refractivity contribution in [2.24, 2.45) is 0 Å². The first kappa shape index (κ1) is 24.8. The van der Waals surface area contributed by atoms with Crippen molar-refractivity contribution in [3.05, 3.63) is 65.5 Å². The van der Waals surface area contributed by atoms with Crippen LogP contribution in [-0.4, -0.2) is 45.7 Å². The minimum Gasteiger partial charge on any atom is -0.449 e. The van der Waals surface area contributed by atoms with Gasteiger partial charge >= 0.3 is 5.97 Å². The Kier molecular flexibility index (Phi) is 8.17. The average Bonchev–Trinajstić information content (AvgIpc) is 3.32. The molecule has 1 aliphatic heterocycles. The maximum atomic E-state index is 13.1. The monoisotopic (exact) mass is 478 g/mol. The molecule has 0 bridgehead atoms. The summed E-state index contributed by atoms with van der Waals surface area (Å²) in [4.78, 5) is 24.8. The molecule has 33 heavy (non-hydrogen) atoms. The lowest BCUT2D eigenvalue weighted by Crippen LogP contribution is -2.37. The standard InChI is InChI=1S/C23H27FN2O6S/c1-15(17-5-9-19(24)10-6-17)26-22(27)16(2)32-23(28)18-7-11-21(12-8-18)33(29,30)25-14-20-4-3-13-31-20/h5-12,15-16,20,25H,3-4,13-14H2,1-2H3,(H,26,27). The smallest absolute Gasteiger partial charge is 0.338 e. The van der Waals surface area contributed by atoms with Gasteiger partial charge < -0.3 is 14.8 Å². The summed E-state index contributed by atoms with van der Waals surface area (Å²) < 4.78 is 51.0. The van der Waals surface area contributed by atoms with Crippen molar-refractivity contribution in [3.8, 4) is 0 Å². The van der Waals surface area contributed by atoms with Crippen LogP contribution in [-0.2, 0) is 24.3 Å². The molecule has 2 N–H and O–H groups in total. The lowest BCUT2D eigenvalue weighted by Gasteiger charge is -2.18. The van der Waals surface area contributed by atoms with Gasteiger partial charge in [0, 0.05) is 13.2 Å². The normalized spacial score (nSPS) is 17.8. The molecule has 1 heterocycles. The molecule has 3 unspecified atom stereocenters. The summed E-state index contributed by atoms with van der Waals surface area (Å²) >= 11 is 0. The summed E-state index contributed by atoms with van der Waals surface area (Å²) in [7, 11) is -3.74. The molecule has 1 aliphatic rings. The highest BCUT2D eigenvalue weighted by Gasteiger charge is 2.23. The highest BCUT2D eigenvalue weighted by molar-refractivity contribution is 7.89. The zero-order valence-corrected chi connectivity index (χ0v) is 19.2. The molecule has 1 amide bonds. The van der Waals surface area contributed by atoms with E-state index in [0.29, 0.717) is 12.2 Å². The van der Waals surface area contributed by atoms with E-state index in [4.69, 9.17) is 9.47 Å². The fourth-order valence-electron chi connectivity index (χ4n) is 3.31. The van der Waals surface area contributed by atoms with E-state index in [9.17, 15) is 22.4 Å². The number of halogens is 1. The van der Waals surface area contributed by atoms with E-state index in [-0.39, 0.29) is 28.9 Å². The summed E-state index contributed by atoms with van der Waals surface area (Å²) in [6.45, 7) is 3.98. The van der Waals surface area contributed by atoms with E-state index < -0.39 is 34.0 Å². The molecule has 3 atom stereocenters. The molecule has 0 aliphatic carbocycles. The molecule has 0 aromatic heterocycles. The second-order valence-electron chi connectivity index (χ2n) is 7.84. The van der Waals surface area contributed by atoms with Crippen molar-refractivity contribution < 1.29 is 31.9 Å². The molecule has 0 radical (unpaired) electrons. The van der Waals surface area contributed by atoms with E-state index >= 15 is 0 Å². The zero-order valence-electron chi connectivity index (χ0n) is 18.4. The van der Waals surface area contributed by atoms with Gasteiger partial charge in [-0.2, -0.15) is 0 Å². The van der Waals surface area contributed by atoms with Gasteiger partial charge in [-0.3, -0.25) is 4.79 Å². The highest BCUT2D eigenvalue weighted by Crippen LogP contribution is 2.16. The van der Waals surface area contributed by atoms with Crippen LogP contribution < -0.4 is 10.0 Å². The van der Waals surface area contributed by atoms with Crippen LogP contribution in [0.25, 0.3) is 0 Å². The van der Waals surface area contributed by atoms with Crippen LogP contribution in [0.5, 0.6) is 0 Å². The number of nitrogens with one attached hydrogen (secondary N) is 2. The predicted octanol–water partition coefficient (Wildman–Crippen LogP) is 2.71. The highest BCUT2D eigenvalue weighted by atomic mass is 32.2. The molecule has 2 aromatic rings. The Labute approximate surface area is 192 Å². The number of hydrogen-bond donors (Lipinski definition) is 2. The molecule has 2 aromatic carbocycles. The third kappa shape index (κ3) is 6.83. The van der Waals surface area contributed by atoms with E-state index in [1.807, 2.05) is 0 Å². The third-order valence-corrected chi connectivity index (χ3v) is 6.75. The van der Waals surface area contributed by atoms with Crippen molar-refractivity contribution in [1.29, 1.82) is 0 Å². The summed E-state index contributed by atoms with van der Waals surface area (Å²) in [5.74, 6) is -1.65. The number of rotatable bonds is 9. The van der Waals surface area contributed by atoms with Gasteiger partial charge in [0.05, 0.1) is 22.6 Å². The first-order valence-electron chi connectivity index (χ1n) is 10.6. The summed E-state index contributed by atoms with van der Waals surface area (Å²) in [6, 6.07) is 10.6. The van der Waals surface area contributed by atoms with Gasteiger partial charge in [-0.1, -0.05) is 12.1 Å². The van der Waals surface area contributed by atoms with Crippen LogP contribution in [0, 0.1) is 5.82 Å². The van der Waals surface area contributed by atoms with Gasteiger partial charge in [-0.15, -0.1) is 0 Å². The second-order valence-corrected chi connectivity index (χ2v) is 9.61. The number of benzene rings is 2. The second kappa shape index (κ2) is 10.9. The van der Waals surface area contributed by atoms with Crippen molar-refractivity contribution in [2.45, 2.75) is 49.8 Å². The average molecular weight is 479 g/mol. The Morgan fingerprint density at radius 1 is 1.12 bits per heavy atom. The topological polar surface area (TPSA) is 111 Å². The molecule has 0 saturated carbocycles. The maximum Gasteiger partial charge on any atom is 0.338 e. The first-order valence-corrected chi connectivity index (χ1v) is 12.1. The van der Waals surface area contributed by atoms with Gasteiger partial charge in [0.1, 0.15) is 5.82 Å². The molecule has 3 rings (SSSR count). The maximum absolute atomic E-state index is 13.1. The van der Waals surface area contributed by atoms with E-state index in [0.717, 1.165) is 12.8 Å². The largest absolute Gasteiger partial charge is 0.449 e. The Morgan fingerprint density at radius 2 is 1.79 bits per heavy atom. The molecular formula is C23H27FN2O6S. The van der Waals surface area contributed by atoms with Gasteiger partial charge in [0.15, 0.2) is 6.10 Å². The zero-order chi connectivity index (χ0) is 24.0. The van der Waals surface area contributed by atoms with Gasteiger partial charge in [-0.05, 0) is 68.7 Å². The fourth-order valence-corrected chi connectivity index (χ4v) is 4.38. The number of hydrogen-bond acceptors (Lipinski definition) is 6. The number of carbonyl (C=O) groups is 2. The van der Waals surface area contributed by atoms with E-state index in [1.165, 1.54) is 43.3 Å². The molecule has 178 valence electrons. The Morgan fingerprint density at radius 3 is 2.39 bits per heavy atom. The van der Waals surface area contributed by atoms with Crippen LogP contribution in [0.15, 0.2) is 53.4 Å². The van der Waals surface area contributed by atoms with Gasteiger partial charge in [0.2, 0.25) is 10.0 Å². The van der Waals surface area contributed by atoms with Crippen LogP contribution in [0.3, 0.4) is 0 Å². The summed E-state index contributed by atoms with van der Waals surface area (Å²) in [6.07, 6.45) is 0.497. The molecule has 0 spiro atoms. The molecule has 8 nitrogen and oxygen atoms in total. The summed E-state index contributed by atoms with van der Waals surface area (Å²) in [5.41, 5.74) is 0.812. The van der Waals surface area contributed by atoms with E-state index in [2.05, 4.69) is 10.0 Å². The minimum absolute atomic E-state index is 0.0101. The number of amides is 1. The van der Waals surface area contributed by atoms with Crippen LogP contribution >= 0.6 is 0 Å². The van der Waals surface area contributed by atoms with Crippen molar-refractivity contribution in [3.63, 3.8) is 0 Å². The Hall–Kier alpha value is -2.82. The summed E-state index contributed by atoms with van der Waals surface area (Å²) in [5, 5.41) is 2.70.